The van der Waals surface area contributed by atoms with Gasteiger partial charge in [0, 0.05) is 44.2 Å². The van der Waals surface area contributed by atoms with Crippen molar-refractivity contribution in [3.8, 4) is 5.75 Å². The molecular formula is C21H25ClN2O2. The number of rotatable bonds is 6. The zero-order valence-electron chi connectivity index (χ0n) is 15.2. The van der Waals surface area contributed by atoms with Gasteiger partial charge >= 0.3 is 0 Å². The minimum Gasteiger partial charge on any atom is -0.497 e. The van der Waals surface area contributed by atoms with Crippen LogP contribution in [0, 0.1) is 0 Å². The highest BCUT2D eigenvalue weighted by molar-refractivity contribution is 6.30. The number of nitrogens with zero attached hydrogens (tertiary/aromatic N) is 2. The van der Waals surface area contributed by atoms with Crippen molar-refractivity contribution in [3.63, 3.8) is 0 Å². The number of carbonyl (C=O) groups excluding carboxylic acids is 1. The number of hydrogen-bond acceptors (Lipinski definition) is 3. The second-order valence-corrected chi connectivity index (χ2v) is 7.07. The number of amides is 1. The fourth-order valence-electron chi connectivity index (χ4n) is 3.25. The van der Waals surface area contributed by atoms with E-state index in [4.69, 9.17) is 16.3 Å². The van der Waals surface area contributed by atoms with E-state index in [0.717, 1.165) is 49.9 Å². The molecule has 0 radical (unpaired) electrons. The molecule has 138 valence electrons. The molecule has 0 bridgehead atoms. The molecule has 26 heavy (non-hydrogen) atoms. The van der Waals surface area contributed by atoms with Crippen molar-refractivity contribution in [3.05, 3.63) is 64.7 Å². The summed E-state index contributed by atoms with van der Waals surface area (Å²) in [4.78, 5) is 16.8. The van der Waals surface area contributed by atoms with Gasteiger partial charge in [0.15, 0.2) is 0 Å². The smallest absolute Gasteiger partial charge is 0.222 e. The highest BCUT2D eigenvalue weighted by Gasteiger charge is 2.20. The number of halogens is 1. The van der Waals surface area contributed by atoms with E-state index in [2.05, 4.69) is 11.0 Å². The van der Waals surface area contributed by atoms with Gasteiger partial charge in [0.1, 0.15) is 5.75 Å². The summed E-state index contributed by atoms with van der Waals surface area (Å²) in [5, 5.41) is 0.773. The first-order valence-corrected chi connectivity index (χ1v) is 9.39. The Kier molecular flexibility index (Phi) is 6.53. The van der Waals surface area contributed by atoms with Gasteiger partial charge in [-0.25, -0.2) is 0 Å². The molecule has 1 amide bonds. The number of benzene rings is 2. The van der Waals surface area contributed by atoms with Crippen LogP contribution in [0.1, 0.15) is 17.5 Å². The fourth-order valence-corrected chi connectivity index (χ4v) is 3.46. The highest BCUT2D eigenvalue weighted by atomic mass is 35.5. The Morgan fingerprint density at radius 2 is 1.77 bits per heavy atom. The van der Waals surface area contributed by atoms with Crippen molar-refractivity contribution in [1.29, 1.82) is 0 Å². The number of methoxy groups -OCH3 is 1. The van der Waals surface area contributed by atoms with Gasteiger partial charge in [-0.3, -0.25) is 9.69 Å². The standard InChI is InChI=1S/C21H25ClN2O2/c1-26-20-8-5-17(6-9-20)7-10-21(25)24-13-11-23(12-14-24)16-18-3-2-4-19(22)15-18/h2-6,8-9,15H,7,10-14,16H2,1H3. The zero-order valence-corrected chi connectivity index (χ0v) is 15.9. The lowest BCUT2D eigenvalue weighted by molar-refractivity contribution is -0.133. The molecule has 0 aromatic heterocycles. The summed E-state index contributed by atoms with van der Waals surface area (Å²) in [6.45, 7) is 4.28. The third-order valence-electron chi connectivity index (χ3n) is 4.81. The quantitative estimate of drug-likeness (QED) is 0.776. The molecule has 0 saturated carbocycles. The van der Waals surface area contributed by atoms with Crippen LogP contribution in [0.5, 0.6) is 5.75 Å². The first kappa shape index (κ1) is 18.7. The molecule has 2 aromatic carbocycles. The molecule has 4 nitrogen and oxygen atoms in total. The summed E-state index contributed by atoms with van der Waals surface area (Å²) < 4.78 is 5.16. The van der Waals surface area contributed by atoms with Crippen LogP contribution in [0.2, 0.25) is 5.02 Å². The summed E-state index contributed by atoms with van der Waals surface area (Å²) in [6, 6.07) is 15.9. The number of hydrogen-bond donors (Lipinski definition) is 0. The van der Waals surface area contributed by atoms with Crippen molar-refractivity contribution < 1.29 is 9.53 Å². The van der Waals surface area contributed by atoms with Gasteiger partial charge in [0.25, 0.3) is 0 Å². The number of carbonyl (C=O) groups is 1. The third kappa shape index (κ3) is 5.23. The van der Waals surface area contributed by atoms with E-state index in [1.165, 1.54) is 11.1 Å². The maximum absolute atomic E-state index is 12.5. The number of ether oxygens (including phenoxy) is 1. The molecule has 0 atom stereocenters. The minimum atomic E-state index is 0.239. The van der Waals surface area contributed by atoms with E-state index in [-0.39, 0.29) is 5.91 Å². The molecule has 1 heterocycles. The molecule has 0 N–H and O–H groups in total. The lowest BCUT2D eigenvalue weighted by atomic mass is 10.1. The zero-order chi connectivity index (χ0) is 18.4. The molecule has 0 aliphatic carbocycles. The average molecular weight is 373 g/mol. The first-order valence-electron chi connectivity index (χ1n) is 9.01. The lowest BCUT2D eigenvalue weighted by Crippen LogP contribution is -2.48. The van der Waals surface area contributed by atoms with Crippen molar-refractivity contribution >= 4 is 17.5 Å². The second kappa shape index (κ2) is 9.06. The Balaban J connectivity index is 1.42. The van der Waals surface area contributed by atoms with Crippen LogP contribution in [-0.4, -0.2) is 49.0 Å². The van der Waals surface area contributed by atoms with Crippen LogP contribution in [0.4, 0.5) is 0 Å². The molecule has 1 saturated heterocycles. The molecule has 0 unspecified atom stereocenters. The SMILES string of the molecule is COc1ccc(CCC(=O)N2CCN(Cc3cccc(Cl)c3)CC2)cc1. The largest absolute Gasteiger partial charge is 0.497 e. The summed E-state index contributed by atoms with van der Waals surface area (Å²) in [5.41, 5.74) is 2.38. The molecular weight excluding hydrogens is 348 g/mol. The summed E-state index contributed by atoms with van der Waals surface area (Å²) in [7, 11) is 1.66. The average Bonchev–Trinajstić information content (AvgIpc) is 2.67. The maximum Gasteiger partial charge on any atom is 0.222 e. The van der Waals surface area contributed by atoms with Crippen LogP contribution in [-0.2, 0) is 17.8 Å². The van der Waals surface area contributed by atoms with Crippen molar-refractivity contribution in [1.82, 2.24) is 9.80 Å². The molecule has 1 fully saturated rings. The summed E-state index contributed by atoms with van der Waals surface area (Å²) in [6.07, 6.45) is 1.33. The second-order valence-electron chi connectivity index (χ2n) is 6.63. The summed E-state index contributed by atoms with van der Waals surface area (Å²) >= 11 is 6.05. The van der Waals surface area contributed by atoms with E-state index < -0.39 is 0 Å². The number of aryl methyl sites for hydroxylation is 1. The molecule has 5 heteroatoms. The monoisotopic (exact) mass is 372 g/mol. The Bertz CT molecular complexity index is 725. The first-order chi connectivity index (χ1) is 12.6. The molecule has 2 aromatic rings. The van der Waals surface area contributed by atoms with Gasteiger partial charge in [-0.15, -0.1) is 0 Å². The third-order valence-corrected chi connectivity index (χ3v) is 5.04. The maximum atomic E-state index is 12.5. The topological polar surface area (TPSA) is 32.8 Å². The normalized spacial score (nSPS) is 15.1. The van der Waals surface area contributed by atoms with Crippen LogP contribution in [0.3, 0.4) is 0 Å². The molecule has 0 spiro atoms. The Labute approximate surface area is 160 Å². The van der Waals surface area contributed by atoms with E-state index in [1.807, 2.05) is 47.4 Å². The summed E-state index contributed by atoms with van der Waals surface area (Å²) in [5.74, 6) is 1.08. The van der Waals surface area contributed by atoms with Crippen molar-refractivity contribution in [2.75, 3.05) is 33.3 Å². The van der Waals surface area contributed by atoms with Gasteiger partial charge in [0.2, 0.25) is 5.91 Å². The molecule has 3 rings (SSSR count). The minimum absolute atomic E-state index is 0.239. The van der Waals surface area contributed by atoms with Crippen LogP contribution < -0.4 is 4.74 Å². The lowest BCUT2D eigenvalue weighted by Gasteiger charge is -2.35. The van der Waals surface area contributed by atoms with E-state index in [1.54, 1.807) is 7.11 Å². The van der Waals surface area contributed by atoms with Crippen LogP contribution in [0.25, 0.3) is 0 Å². The highest BCUT2D eigenvalue weighted by Crippen LogP contribution is 2.16. The predicted molar refractivity (Wildman–Crippen MR) is 105 cm³/mol. The van der Waals surface area contributed by atoms with Gasteiger partial charge < -0.3 is 9.64 Å². The predicted octanol–water partition coefficient (Wildman–Crippen LogP) is 3.63. The van der Waals surface area contributed by atoms with Gasteiger partial charge in [0.05, 0.1) is 7.11 Å². The Hall–Kier alpha value is -2.04. The van der Waals surface area contributed by atoms with E-state index in [0.29, 0.717) is 6.42 Å². The van der Waals surface area contributed by atoms with Gasteiger partial charge in [-0.05, 0) is 41.8 Å². The molecule has 1 aliphatic heterocycles. The Morgan fingerprint density at radius 1 is 1.04 bits per heavy atom. The van der Waals surface area contributed by atoms with Crippen LogP contribution >= 0.6 is 11.6 Å². The van der Waals surface area contributed by atoms with Gasteiger partial charge in [-0.2, -0.15) is 0 Å². The van der Waals surface area contributed by atoms with E-state index >= 15 is 0 Å². The van der Waals surface area contributed by atoms with Crippen molar-refractivity contribution in [2.24, 2.45) is 0 Å². The van der Waals surface area contributed by atoms with Crippen molar-refractivity contribution in [2.45, 2.75) is 19.4 Å². The molecule has 1 aliphatic rings. The van der Waals surface area contributed by atoms with E-state index in [9.17, 15) is 4.79 Å². The fraction of sp³-hybridized carbons (Fsp3) is 0.381. The van der Waals surface area contributed by atoms with Crippen LogP contribution in [0.15, 0.2) is 48.5 Å². The van der Waals surface area contributed by atoms with Gasteiger partial charge in [-0.1, -0.05) is 35.9 Å². The number of piperazine rings is 1. The Morgan fingerprint density at radius 3 is 2.42 bits per heavy atom.